The van der Waals surface area contributed by atoms with Gasteiger partial charge in [-0.1, -0.05) is 43.7 Å². The number of ether oxygens (including phenoxy) is 1. The first-order valence-electron chi connectivity index (χ1n) is 10.6. The first-order valence-corrected chi connectivity index (χ1v) is 11.0. The Kier molecular flexibility index (Phi) is 7.30. The van der Waals surface area contributed by atoms with Gasteiger partial charge in [-0.05, 0) is 61.8 Å². The number of hydrogen-bond acceptors (Lipinski definition) is 4. The Balaban J connectivity index is 1.89. The summed E-state index contributed by atoms with van der Waals surface area (Å²) in [6.07, 6.45) is 0. The van der Waals surface area contributed by atoms with Crippen molar-refractivity contribution < 1.29 is 14.3 Å². The summed E-state index contributed by atoms with van der Waals surface area (Å²) in [5, 5.41) is 6.68. The number of thiocarbonyl (C=S) groups is 1. The topological polar surface area (TPSA) is 70.7 Å². The van der Waals surface area contributed by atoms with Crippen LogP contribution in [0.25, 0.3) is 0 Å². The van der Waals surface area contributed by atoms with E-state index in [-0.39, 0.29) is 17.8 Å². The van der Waals surface area contributed by atoms with Gasteiger partial charge in [0.2, 0.25) is 0 Å². The van der Waals surface area contributed by atoms with Crippen LogP contribution in [0.3, 0.4) is 0 Å². The molecule has 7 heteroatoms. The monoisotopic (exact) mass is 451 g/mol. The largest absolute Gasteiger partial charge is 0.462 e. The summed E-state index contributed by atoms with van der Waals surface area (Å²) in [6, 6.07) is 14.3. The zero-order valence-electron chi connectivity index (χ0n) is 19.1. The highest BCUT2D eigenvalue weighted by Gasteiger charge is 2.33. The van der Waals surface area contributed by atoms with E-state index in [0.29, 0.717) is 28.5 Å². The van der Waals surface area contributed by atoms with E-state index in [1.807, 2.05) is 71.1 Å². The molecule has 2 aromatic carbocycles. The highest BCUT2D eigenvalue weighted by Crippen LogP contribution is 2.32. The third kappa shape index (κ3) is 5.34. The van der Waals surface area contributed by atoms with E-state index in [1.165, 1.54) is 0 Å². The summed E-state index contributed by atoms with van der Waals surface area (Å²) < 4.78 is 5.53. The number of hydrogen-bond donors (Lipinski definition) is 2. The van der Waals surface area contributed by atoms with Gasteiger partial charge >= 0.3 is 5.97 Å². The summed E-state index contributed by atoms with van der Waals surface area (Å²) in [4.78, 5) is 27.4. The minimum Gasteiger partial charge on any atom is -0.462 e. The van der Waals surface area contributed by atoms with Crippen LogP contribution in [0, 0.1) is 12.8 Å². The number of amides is 1. The molecule has 0 spiro atoms. The van der Waals surface area contributed by atoms with Crippen molar-refractivity contribution in [3.63, 3.8) is 0 Å². The molecule has 1 amide bonds. The fourth-order valence-electron chi connectivity index (χ4n) is 3.37. The number of nitrogens with one attached hydrogen (secondary N) is 2. The van der Waals surface area contributed by atoms with Gasteiger partial charge in [0.15, 0.2) is 5.11 Å². The predicted molar refractivity (Wildman–Crippen MR) is 130 cm³/mol. The van der Waals surface area contributed by atoms with Crippen LogP contribution in [-0.2, 0) is 9.53 Å². The molecule has 1 aliphatic heterocycles. The molecule has 168 valence electrons. The van der Waals surface area contributed by atoms with Crippen LogP contribution < -0.4 is 10.6 Å². The summed E-state index contributed by atoms with van der Waals surface area (Å²) in [5.41, 5.74) is 4.34. The van der Waals surface area contributed by atoms with Gasteiger partial charge in [-0.2, -0.15) is 0 Å². The number of aryl methyl sites for hydroxylation is 1. The second-order valence-electron chi connectivity index (χ2n) is 8.38. The van der Waals surface area contributed by atoms with Crippen molar-refractivity contribution in [1.82, 2.24) is 10.2 Å². The number of esters is 1. The lowest BCUT2D eigenvalue weighted by molar-refractivity contribution is -0.140. The first-order chi connectivity index (χ1) is 15.2. The van der Waals surface area contributed by atoms with Crippen molar-refractivity contribution in [3.05, 3.63) is 76.5 Å². The van der Waals surface area contributed by atoms with Gasteiger partial charge in [-0.15, -0.1) is 0 Å². The average Bonchev–Trinajstić information content (AvgIpc) is 2.76. The van der Waals surface area contributed by atoms with Gasteiger partial charge in [-0.3, -0.25) is 4.79 Å². The molecule has 0 saturated carbocycles. The molecule has 1 heterocycles. The second kappa shape index (κ2) is 9.96. The van der Waals surface area contributed by atoms with Crippen molar-refractivity contribution in [3.8, 4) is 0 Å². The van der Waals surface area contributed by atoms with Crippen molar-refractivity contribution in [1.29, 1.82) is 0 Å². The molecule has 1 atom stereocenters. The van der Waals surface area contributed by atoms with E-state index in [1.54, 1.807) is 17.0 Å². The van der Waals surface area contributed by atoms with Crippen LogP contribution in [0.1, 0.15) is 48.3 Å². The zero-order chi connectivity index (χ0) is 23.4. The van der Waals surface area contributed by atoms with Gasteiger partial charge in [0.05, 0.1) is 18.2 Å². The normalized spacial score (nSPS) is 16.1. The maximum Gasteiger partial charge on any atom is 0.338 e. The molecule has 1 aliphatic rings. The highest BCUT2D eigenvalue weighted by atomic mass is 32.1. The fourth-order valence-corrected chi connectivity index (χ4v) is 3.63. The smallest absolute Gasteiger partial charge is 0.338 e. The van der Waals surface area contributed by atoms with Gasteiger partial charge < -0.3 is 20.3 Å². The quantitative estimate of drug-likeness (QED) is 0.495. The fraction of sp³-hybridized carbons (Fsp3) is 0.320. The molecular formula is C25H29N3O3S. The average molecular weight is 452 g/mol. The maximum absolute atomic E-state index is 13.0. The number of benzene rings is 2. The molecule has 6 nitrogen and oxygen atoms in total. The number of carbonyl (C=O) groups is 2. The summed E-state index contributed by atoms with van der Waals surface area (Å²) in [7, 11) is 1.81. The van der Waals surface area contributed by atoms with Crippen molar-refractivity contribution in [2.75, 3.05) is 19.0 Å². The van der Waals surface area contributed by atoms with Crippen LogP contribution in [0.2, 0.25) is 0 Å². The third-order valence-corrected chi connectivity index (χ3v) is 5.70. The lowest BCUT2D eigenvalue weighted by Crippen LogP contribution is -2.46. The van der Waals surface area contributed by atoms with Crippen LogP contribution >= 0.6 is 12.2 Å². The summed E-state index contributed by atoms with van der Waals surface area (Å²) in [6.45, 7) is 8.15. The Bertz CT molecular complexity index is 1060. The highest BCUT2D eigenvalue weighted by molar-refractivity contribution is 7.80. The summed E-state index contributed by atoms with van der Waals surface area (Å²) >= 11 is 5.46. The van der Waals surface area contributed by atoms with Crippen LogP contribution in [0.5, 0.6) is 0 Å². The van der Waals surface area contributed by atoms with Gasteiger partial charge in [0.25, 0.3) is 5.91 Å². The predicted octanol–water partition coefficient (Wildman–Crippen LogP) is 4.58. The van der Waals surface area contributed by atoms with E-state index in [0.717, 1.165) is 16.8 Å². The number of anilines is 1. The molecule has 0 radical (unpaired) electrons. The van der Waals surface area contributed by atoms with Crippen molar-refractivity contribution in [2.45, 2.75) is 33.7 Å². The molecule has 2 aromatic rings. The third-order valence-electron chi connectivity index (χ3n) is 5.31. The minimum atomic E-state index is -0.477. The molecule has 0 fully saturated rings. The van der Waals surface area contributed by atoms with E-state index < -0.39 is 6.04 Å². The van der Waals surface area contributed by atoms with Crippen molar-refractivity contribution >= 4 is 34.9 Å². The molecule has 32 heavy (non-hydrogen) atoms. The standard InChI is InChI=1S/C25H29N3O3S/c1-15(2)14-31-24(30)21-17(4)28(5)25(32)27-22(21)19-7-6-8-20(13-19)26-23(29)18-11-9-16(3)10-12-18/h6-13,15,22H,14H2,1-5H3,(H,26,29)(H,27,32). The zero-order valence-corrected chi connectivity index (χ0v) is 19.9. The lowest BCUT2D eigenvalue weighted by atomic mass is 9.94. The Hall–Kier alpha value is -3.19. The molecule has 0 aromatic heterocycles. The Morgan fingerprint density at radius 1 is 1.16 bits per heavy atom. The number of allylic oxidation sites excluding steroid dienone is 1. The van der Waals surface area contributed by atoms with Crippen LogP contribution in [0.15, 0.2) is 59.8 Å². The molecular weight excluding hydrogens is 422 g/mol. The second-order valence-corrected chi connectivity index (χ2v) is 8.77. The molecule has 0 bridgehead atoms. The van der Waals surface area contributed by atoms with E-state index in [4.69, 9.17) is 17.0 Å². The summed E-state index contributed by atoms with van der Waals surface area (Å²) in [5.74, 6) is -0.344. The molecule has 2 N–H and O–H groups in total. The van der Waals surface area contributed by atoms with E-state index >= 15 is 0 Å². The molecule has 0 saturated heterocycles. The van der Waals surface area contributed by atoms with Gasteiger partial charge in [-0.25, -0.2) is 4.79 Å². The lowest BCUT2D eigenvalue weighted by Gasteiger charge is -2.35. The van der Waals surface area contributed by atoms with Gasteiger partial charge in [0, 0.05) is 24.0 Å². The maximum atomic E-state index is 13.0. The van der Waals surface area contributed by atoms with Crippen LogP contribution in [-0.4, -0.2) is 35.5 Å². The minimum absolute atomic E-state index is 0.197. The van der Waals surface area contributed by atoms with Crippen LogP contribution in [0.4, 0.5) is 5.69 Å². The number of nitrogens with zero attached hydrogens (tertiary/aromatic N) is 1. The Labute approximate surface area is 194 Å². The SMILES string of the molecule is CC1=C(C(=O)OCC(C)C)C(c2cccc(NC(=O)c3ccc(C)cc3)c2)NC(=S)N1C. The van der Waals surface area contributed by atoms with E-state index in [2.05, 4.69) is 10.6 Å². The van der Waals surface area contributed by atoms with Crippen molar-refractivity contribution in [2.24, 2.45) is 5.92 Å². The first kappa shape index (κ1) is 23.5. The molecule has 0 aliphatic carbocycles. The Morgan fingerprint density at radius 3 is 2.50 bits per heavy atom. The number of carbonyl (C=O) groups excluding carboxylic acids is 2. The van der Waals surface area contributed by atoms with Gasteiger partial charge in [0.1, 0.15) is 0 Å². The number of rotatable bonds is 6. The molecule has 1 unspecified atom stereocenters. The van der Waals surface area contributed by atoms with E-state index in [9.17, 15) is 9.59 Å². The molecule has 3 rings (SSSR count). The Morgan fingerprint density at radius 2 is 1.84 bits per heavy atom.